The lowest BCUT2D eigenvalue weighted by molar-refractivity contribution is -0.126. The first-order chi connectivity index (χ1) is 10.0. The molecule has 0 bridgehead atoms. The van der Waals surface area contributed by atoms with Gasteiger partial charge in [0.15, 0.2) is 0 Å². The average molecular weight is 326 g/mol. The lowest BCUT2D eigenvalue weighted by Crippen LogP contribution is -2.43. The number of amides is 1. The largest absolute Gasteiger partial charge is 0.351 e. The van der Waals surface area contributed by atoms with Crippen molar-refractivity contribution in [3.05, 3.63) is 29.8 Å². The Kier molecular flexibility index (Phi) is 6.14. The molecule has 1 aromatic rings. The number of rotatable bonds is 6. The van der Waals surface area contributed by atoms with E-state index in [1.54, 1.807) is 31.2 Å². The number of hydrogen-bond donors (Lipinski definition) is 2. The summed E-state index contributed by atoms with van der Waals surface area (Å²) in [5, 5.41) is 2.89. The SMILES string of the molecule is Cc1ccc(S(=O)(=O)NCCC(C)C(=O)NC(C)(C)C)cc1. The van der Waals surface area contributed by atoms with Gasteiger partial charge >= 0.3 is 0 Å². The molecule has 0 aliphatic heterocycles. The third-order valence-electron chi connectivity index (χ3n) is 3.15. The highest BCUT2D eigenvalue weighted by atomic mass is 32.2. The molecular formula is C16H26N2O3S. The average Bonchev–Trinajstić information content (AvgIpc) is 2.36. The Morgan fingerprint density at radius 3 is 2.23 bits per heavy atom. The molecule has 0 saturated heterocycles. The van der Waals surface area contributed by atoms with Crippen molar-refractivity contribution in [2.45, 2.75) is 51.5 Å². The second-order valence-electron chi connectivity index (χ2n) is 6.64. The van der Waals surface area contributed by atoms with Crippen molar-refractivity contribution in [1.29, 1.82) is 0 Å². The van der Waals surface area contributed by atoms with Gasteiger partial charge in [-0.05, 0) is 46.2 Å². The molecule has 6 heteroatoms. The summed E-state index contributed by atoms with van der Waals surface area (Å²) < 4.78 is 26.8. The van der Waals surface area contributed by atoms with Gasteiger partial charge in [-0.3, -0.25) is 4.79 Å². The van der Waals surface area contributed by atoms with Gasteiger partial charge in [0.2, 0.25) is 15.9 Å². The summed E-state index contributed by atoms with van der Waals surface area (Å²) in [4.78, 5) is 12.2. The van der Waals surface area contributed by atoms with Gasteiger partial charge in [0.1, 0.15) is 0 Å². The van der Waals surface area contributed by atoms with Gasteiger partial charge in [-0.25, -0.2) is 13.1 Å². The van der Waals surface area contributed by atoms with Gasteiger partial charge in [0.25, 0.3) is 0 Å². The molecular weight excluding hydrogens is 300 g/mol. The summed E-state index contributed by atoms with van der Waals surface area (Å²) in [5.74, 6) is -0.318. The van der Waals surface area contributed by atoms with Crippen LogP contribution in [0, 0.1) is 12.8 Å². The Bertz CT molecular complexity index is 601. The lowest BCUT2D eigenvalue weighted by Gasteiger charge is -2.23. The van der Waals surface area contributed by atoms with E-state index >= 15 is 0 Å². The molecule has 1 aromatic carbocycles. The van der Waals surface area contributed by atoms with E-state index in [1.807, 2.05) is 27.7 Å². The van der Waals surface area contributed by atoms with Crippen LogP contribution < -0.4 is 10.0 Å². The third kappa shape index (κ3) is 6.15. The smallest absolute Gasteiger partial charge is 0.240 e. The molecule has 1 amide bonds. The fraction of sp³-hybridized carbons (Fsp3) is 0.562. The second kappa shape index (κ2) is 7.24. The van der Waals surface area contributed by atoms with Crippen molar-refractivity contribution in [3.63, 3.8) is 0 Å². The minimum atomic E-state index is -3.52. The summed E-state index contributed by atoms with van der Waals surface area (Å²) >= 11 is 0. The van der Waals surface area contributed by atoms with Gasteiger partial charge in [-0.2, -0.15) is 0 Å². The molecule has 124 valence electrons. The standard InChI is InChI=1S/C16H26N2O3S/c1-12-6-8-14(9-7-12)22(20,21)17-11-10-13(2)15(19)18-16(3,4)5/h6-9,13,17H,10-11H2,1-5H3,(H,18,19). The molecule has 2 N–H and O–H groups in total. The fourth-order valence-corrected chi connectivity index (χ4v) is 2.88. The first-order valence-corrected chi connectivity index (χ1v) is 8.88. The molecule has 1 atom stereocenters. The van der Waals surface area contributed by atoms with Crippen LogP contribution in [0.4, 0.5) is 0 Å². The topological polar surface area (TPSA) is 75.3 Å². The lowest BCUT2D eigenvalue weighted by atomic mass is 10.0. The zero-order chi connectivity index (χ0) is 17.0. The Hall–Kier alpha value is -1.40. The zero-order valence-corrected chi connectivity index (χ0v) is 14.8. The second-order valence-corrected chi connectivity index (χ2v) is 8.41. The molecule has 1 rings (SSSR count). The molecule has 0 fully saturated rings. The highest BCUT2D eigenvalue weighted by molar-refractivity contribution is 7.89. The maximum Gasteiger partial charge on any atom is 0.240 e. The molecule has 0 aliphatic carbocycles. The number of hydrogen-bond acceptors (Lipinski definition) is 3. The summed E-state index contributed by atoms with van der Waals surface area (Å²) in [6.07, 6.45) is 0.451. The van der Waals surface area contributed by atoms with E-state index in [0.717, 1.165) is 5.56 Å². The number of benzene rings is 1. The van der Waals surface area contributed by atoms with Crippen LogP contribution in [0.5, 0.6) is 0 Å². The normalized spacial score (nSPS) is 13.7. The Balaban J connectivity index is 2.52. The van der Waals surface area contributed by atoms with E-state index in [2.05, 4.69) is 10.0 Å². The summed E-state index contributed by atoms with van der Waals surface area (Å²) in [6.45, 7) is 9.67. The zero-order valence-electron chi connectivity index (χ0n) is 13.9. The fourth-order valence-electron chi connectivity index (χ4n) is 1.83. The van der Waals surface area contributed by atoms with Crippen LogP contribution in [0.3, 0.4) is 0 Å². The van der Waals surface area contributed by atoms with Crippen LogP contribution in [0.2, 0.25) is 0 Å². The summed E-state index contributed by atoms with van der Waals surface area (Å²) in [7, 11) is -3.52. The molecule has 5 nitrogen and oxygen atoms in total. The molecule has 0 aliphatic rings. The van der Waals surface area contributed by atoms with Crippen molar-refractivity contribution in [2.75, 3.05) is 6.54 Å². The highest BCUT2D eigenvalue weighted by Gasteiger charge is 2.20. The van der Waals surface area contributed by atoms with Gasteiger partial charge in [-0.15, -0.1) is 0 Å². The minimum Gasteiger partial charge on any atom is -0.351 e. The predicted octanol–water partition coefficient (Wildman–Crippen LogP) is 2.21. The number of aryl methyl sites for hydroxylation is 1. The first kappa shape index (κ1) is 18.6. The molecule has 0 heterocycles. The summed E-state index contributed by atoms with van der Waals surface area (Å²) in [6, 6.07) is 6.67. The minimum absolute atomic E-state index is 0.0676. The van der Waals surface area contributed by atoms with Gasteiger partial charge in [0, 0.05) is 18.0 Å². The van der Waals surface area contributed by atoms with E-state index in [1.165, 1.54) is 0 Å². The number of carbonyl (C=O) groups is 1. The monoisotopic (exact) mass is 326 g/mol. The maximum atomic E-state index is 12.1. The Morgan fingerprint density at radius 1 is 1.18 bits per heavy atom. The molecule has 1 unspecified atom stereocenters. The van der Waals surface area contributed by atoms with E-state index < -0.39 is 10.0 Å². The van der Waals surface area contributed by atoms with Crippen molar-refractivity contribution in [2.24, 2.45) is 5.92 Å². The number of carbonyl (C=O) groups excluding carboxylic acids is 1. The molecule has 0 saturated carbocycles. The van der Waals surface area contributed by atoms with Crippen LogP contribution in [0.1, 0.15) is 39.7 Å². The molecule has 0 aromatic heterocycles. The molecule has 22 heavy (non-hydrogen) atoms. The maximum absolute atomic E-state index is 12.1. The Labute approximate surface area is 133 Å². The predicted molar refractivity (Wildman–Crippen MR) is 88.0 cm³/mol. The van der Waals surface area contributed by atoms with E-state index in [0.29, 0.717) is 6.42 Å². The van der Waals surface area contributed by atoms with E-state index in [9.17, 15) is 13.2 Å². The number of sulfonamides is 1. The van der Waals surface area contributed by atoms with Crippen LogP contribution in [-0.2, 0) is 14.8 Å². The van der Waals surface area contributed by atoms with Crippen molar-refractivity contribution < 1.29 is 13.2 Å². The van der Waals surface area contributed by atoms with Crippen LogP contribution in [0.25, 0.3) is 0 Å². The summed E-state index contributed by atoms with van der Waals surface area (Å²) in [5.41, 5.74) is 0.721. The van der Waals surface area contributed by atoms with Crippen LogP contribution in [-0.4, -0.2) is 26.4 Å². The van der Waals surface area contributed by atoms with E-state index in [4.69, 9.17) is 0 Å². The van der Waals surface area contributed by atoms with E-state index in [-0.39, 0.29) is 28.8 Å². The van der Waals surface area contributed by atoms with Crippen LogP contribution in [0.15, 0.2) is 29.2 Å². The molecule has 0 spiro atoms. The number of nitrogens with one attached hydrogen (secondary N) is 2. The van der Waals surface area contributed by atoms with Crippen molar-refractivity contribution >= 4 is 15.9 Å². The van der Waals surface area contributed by atoms with Gasteiger partial charge in [-0.1, -0.05) is 24.6 Å². The highest BCUT2D eigenvalue weighted by Crippen LogP contribution is 2.11. The Morgan fingerprint density at radius 2 is 1.73 bits per heavy atom. The van der Waals surface area contributed by atoms with Crippen molar-refractivity contribution in [3.8, 4) is 0 Å². The van der Waals surface area contributed by atoms with Crippen LogP contribution >= 0.6 is 0 Å². The van der Waals surface area contributed by atoms with Gasteiger partial charge in [0.05, 0.1) is 4.90 Å². The van der Waals surface area contributed by atoms with Gasteiger partial charge < -0.3 is 5.32 Å². The molecule has 0 radical (unpaired) electrons. The quantitative estimate of drug-likeness (QED) is 0.841. The first-order valence-electron chi connectivity index (χ1n) is 7.39. The van der Waals surface area contributed by atoms with Crippen molar-refractivity contribution in [1.82, 2.24) is 10.0 Å². The third-order valence-corrected chi connectivity index (χ3v) is 4.62.